The van der Waals surface area contributed by atoms with Gasteiger partial charge in [-0.2, -0.15) is 0 Å². The molecule has 18 heavy (non-hydrogen) atoms. The zero-order valence-corrected chi connectivity index (χ0v) is 11.0. The lowest BCUT2D eigenvalue weighted by atomic mass is 9.71. The lowest BCUT2D eigenvalue weighted by molar-refractivity contribution is -0.0619. The van der Waals surface area contributed by atoms with Crippen LogP contribution in [0.1, 0.15) is 35.3 Å². The van der Waals surface area contributed by atoms with Crippen molar-refractivity contribution in [2.45, 2.75) is 31.2 Å². The molecule has 2 rings (SSSR count). The van der Waals surface area contributed by atoms with Crippen molar-refractivity contribution in [1.82, 2.24) is 4.90 Å². The molecule has 0 unspecified atom stereocenters. The Labute approximate surface area is 113 Å². The first-order valence-corrected chi connectivity index (χ1v) is 6.29. The maximum absolute atomic E-state index is 11.3. The van der Waals surface area contributed by atoms with Gasteiger partial charge in [-0.3, -0.25) is 0 Å². The number of nitrogens with zero attached hydrogens (tertiary/aromatic N) is 1. The highest BCUT2D eigenvalue weighted by Gasteiger charge is 2.40. The van der Waals surface area contributed by atoms with Crippen LogP contribution in [0.3, 0.4) is 0 Å². The summed E-state index contributed by atoms with van der Waals surface area (Å²) >= 11 is 0. The Balaban J connectivity index is 2.60. The lowest BCUT2D eigenvalue weighted by Crippen LogP contribution is -2.43. The van der Waals surface area contributed by atoms with Gasteiger partial charge in [0.1, 0.15) is 5.75 Å². The van der Waals surface area contributed by atoms with E-state index in [0.29, 0.717) is 12.8 Å². The zero-order chi connectivity index (χ0) is 15.9. The molecular formula is C15H23NO2. The smallest absolute Gasteiger partial charge is 0.115 e. The standard InChI is InChI=1S/C15H23NO2/c1-16(2)11-13-6-3-4-9-15(13,18)12-7-5-8-14(17)10-12/h5,7-8,10,13,17-18H,3-4,6,9,11H2,1-2H3/t13-,15+/m0/s1/i9D2,13D. The highest BCUT2D eigenvalue weighted by molar-refractivity contribution is 5.32. The Morgan fingerprint density at radius 3 is 2.94 bits per heavy atom. The van der Waals surface area contributed by atoms with Crippen LogP contribution < -0.4 is 0 Å². The maximum Gasteiger partial charge on any atom is 0.115 e. The van der Waals surface area contributed by atoms with Gasteiger partial charge in [0.15, 0.2) is 0 Å². The Bertz CT molecular complexity index is 523. The van der Waals surface area contributed by atoms with Crippen LogP contribution in [0, 0.1) is 5.89 Å². The first-order chi connectivity index (χ1) is 9.62. The lowest BCUT2D eigenvalue weighted by Gasteiger charge is -2.41. The molecule has 0 aromatic heterocycles. The third kappa shape index (κ3) is 2.68. The van der Waals surface area contributed by atoms with Crippen LogP contribution in [-0.4, -0.2) is 35.8 Å². The second-order valence-electron chi connectivity index (χ2n) is 5.13. The molecule has 0 radical (unpaired) electrons. The number of hydrogen-bond acceptors (Lipinski definition) is 3. The van der Waals surface area contributed by atoms with E-state index in [4.69, 9.17) is 4.11 Å². The van der Waals surface area contributed by atoms with Gasteiger partial charge in [-0.05, 0) is 44.6 Å². The molecule has 0 spiro atoms. The topological polar surface area (TPSA) is 43.7 Å². The molecule has 1 aromatic carbocycles. The Hall–Kier alpha value is -1.06. The fourth-order valence-electron chi connectivity index (χ4n) is 2.49. The molecule has 3 nitrogen and oxygen atoms in total. The molecule has 1 fully saturated rings. The van der Waals surface area contributed by atoms with Gasteiger partial charge in [-0.25, -0.2) is 0 Å². The van der Waals surface area contributed by atoms with Gasteiger partial charge in [-0.1, -0.05) is 25.0 Å². The molecule has 1 aliphatic carbocycles. The van der Waals surface area contributed by atoms with Gasteiger partial charge in [0.05, 0.1) is 5.60 Å². The van der Waals surface area contributed by atoms with Crippen LogP contribution in [0.4, 0.5) is 0 Å². The molecule has 0 heterocycles. The second-order valence-corrected chi connectivity index (χ2v) is 5.13. The van der Waals surface area contributed by atoms with Crippen molar-refractivity contribution >= 4 is 0 Å². The van der Waals surface area contributed by atoms with Crippen LogP contribution in [-0.2, 0) is 5.60 Å². The minimum atomic E-state index is -1.96. The van der Waals surface area contributed by atoms with Crippen molar-refractivity contribution in [2.75, 3.05) is 20.6 Å². The van der Waals surface area contributed by atoms with Crippen molar-refractivity contribution < 1.29 is 14.3 Å². The SMILES string of the molecule is [2H]C1([2H])CCC[C@@]([2H])(CN(C)C)[C@]1(O)c1cccc(O)c1. The van der Waals surface area contributed by atoms with Gasteiger partial charge in [0, 0.05) is 16.6 Å². The fraction of sp³-hybridized carbons (Fsp3) is 0.600. The molecular weight excluding hydrogens is 226 g/mol. The summed E-state index contributed by atoms with van der Waals surface area (Å²) in [6.07, 6.45) is -0.744. The van der Waals surface area contributed by atoms with Crippen molar-refractivity contribution in [3.8, 4) is 5.75 Å². The molecule has 0 aliphatic heterocycles. The highest BCUT2D eigenvalue weighted by atomic mass is 16.3. The first-order valence-electron chi connectivity index (χ1n) is 7.79. The van der Waals surface area contributed by atoms with Gasteiger partial charge >= 0.3 is 0 Å². The molecule has 0 amide bonds. The van der Waals surface area contributed by atoms with E-state index in [1.807, 2.05) is 14.1 Å². The van der Waals surface area contributed by atoms with Crippen molar-refractivity contribution in [3.63, 3.8) is 0 Å². The van der Waals surface area contributed by atoms with Crippen LogP contribution in [0.5, 0.6) is 5.75 Å². The van der Waals surface area contributed by atoms with E-state index in [-0.39, 0.29) is 24.3 Å². The van der Waals surface area contributed by atoms with Crippen LogP contribution in [0.25, 0.3) is 0 Å². The summed E-state index contributed by atoms with van der Waals surface area (Å²) in [5, 5.41) is 20.9. The Morgan fingerprint density at radius 2 is 2.28 bits per heavy atom. The van der Waals surface area contributed by atoms with Gasteiger partial charge in [0.2, 0.25) is 0 Å². The summed E-state index contributed by atoms with van der Waals surface area (Å²) in [4.78, 5) is 1.79. The minimum absolute atomic E-state index is 0.0329. The number of phenolic OH excluding ortho intramolecular Hbond substituents is 1. The summed E-state index contributed by atoms with van der Waals surface area (Å²) in [6.45, 7) is 0.249. The predicted molar refractivity (Wildman–Crippen MR) is 72.5 cm³/mol. The molecule has 0 bridgehead atoms. The highest BCUT2D eigenvalue weighted by Crippen LogP contribution is 2.42. The molecule has 1 saturated carbocycles. The van der Waals surface area contributed by atoms with E-state index in [1.54, 1.807) is 17.0 Å². The van der Waals surface area contributed by atoms with Crippen LogP contribution >= 0.6 is 0 Å². The Morgan fingerprint density at radius 1 is 1.50 bits per heavy atom. The van der Waals surface area contributed by atoms with Crippen molar-refractivity contribution in [1.29, 1.82) is 0 Å². The summed E-state index contributed by atoms with van der Waals surface area (Å²) in [7, 11) is 3.62. The van der Waals surface area contributed by atoms with E-state index in [9.17, 15) is 10.2 Å². The van der Waals surface area contributed by atoms with Gasteiger partial charge < -0.3 is 15.1 Å². The molecule has 100 valence electrons. The van der Waals surface area contributed by atoms with Crippen LogP contribution in [0.15, 0.2) is 24.3 Å². The second kappa shape index (κ2) is 5.29. The number of aliphatic hydroxyl groups is 1. The molecule has 3 heteroatoms. The number of rotatable bonds is 3. The van der Waals surface area contributed by atoms with Crippen molar-refractivity contribution in [3.05, 3.63) is 29.8 Å². The molecule has 2 N–H and O–H groups in total. The van der Waals surface area contributed by atoms with Gasteiger partial charge in [-0.15, -0.1) is 0 Å². The van der Waals surface area contributed by atoms with E-state index < -0.39 is 17.9 Å². The first kappa shape index (κ1) is 9.82. The third-order valence-corrected chi connectivity index (χ3v) is 3.32. The maximum atomic E-state index is 11.3. The normalized spacial score (nSPS) is 37.9. The molecule has 0 saturated heterocycles. The number of hydrogen-bond donors (Lipinski definition) is 2. The van der Waals surface area contributed by atoms with Crippen LogP contribution in [0.2, 0.25) is 0 Å². The number of benzene rings is 1. The number of aromatic hydroxyl groups is 1. The van der Waals surface area contributed by atoms with E-state index in [2.05, 4.69) is 0 Å². The molecule has 1 aliphatic rings. The minimum Gasteiger partial charge on any atom is -0.508 e. The Kier molecular flexibility index (Phi) is 2.88. The molecule has 2 atom stereocenters. The van der Waals surface area contributed by atoms with Crippen molar-refractivity contribution in [2.24, 2.45) is 5.89 Å². The summed E-state index contributed by atoms with van der Waals surface area (Å²) in [5.41, 5.74) is -1.69. The van der Waals surface area contributed by atoms with E-state index in [0.717, 1.165) is 0 Å². The largest absolute Gasteiger partial charge is 0.508 e. The fourth-order valence-corrected chi connectivity index (χ4v) is 2.49. The van der Waals surface area contributed by atoms with E-state index >= 15 is 0 Å². The predicted octanol–water partition coefficient (Wildman–Crippen LogP) is 2.33. The monoisotopic (exact) mass is 252 g/mol. The van der Waals surface area contributed by atoms with E-state index in [1.165, 1.54) is 12.1 Å². The summed E-state index contributed by atoms with van der Waals surface area (Å²) < 4.78 is 25.3. The quantitative estimate of drug-likeness (QED) is 0.867. The average Bonchev–Trinajstić information content (AvgIpc) is 2.34. The summed E-state index contributed by atoms with van der Waals surface area (Å²) in [6, 6.07) is 6.00. The zero-order valence-electron chi connectivity index (χ0n) is 14.0. The van der Waals surface area contributed by atoms with Gasteiger partial charge in [0.25, 0.3) is 0 Å². The summed E-state index contributed by atoms with van der Waals surface area (Å²) in [5.74, 6) is -1.40. The molecule has 1 aromatic rings. The average molecular weight is 252 g/mol. The third-order valence-electron chi connectivity index (χ3n) is 3.32. The number of phenols is 1.